The normalized spacial score (nSPS) is 36.0. The summed E-state index contributed by atoms with van der Waals surface area (Å²) in [5.41, 5.74) is 0.669. The molecule has 6 rings (SSSR count). The van der Waals surface area contributed by atoms with Gasteiger partial charge < -0.3 is 10.2 Å². The molecule has 4 nitrogen and oxygen atoms in total. The van der Waals surface area contributed by atoms with Gasteiger partial charge in [-0.1, -0.05) is 6.07 Å². The summed E-state index contributed by atoms with van der Waals surface area (Å²) in [5, 5.41) is 3.07. The summed E-state index contributed by atoms with van der Waals surface area (Å²) in [5.74, 6) is 2.52. The van der Waals surface area contributed by atoms with Gasteiger partial charge in [-0.25, -0.2) is 0 Å². The molecule has 4 aliphatic carbocycles. The summed E-state index contributed by atoms with van der Waals surface area (Å²) in [6.45, 7) is 0.740. The molecule has 1 aromatic carbocycles. The molecule has 1 atom stereocenters. The highest BCUT2D eigenvalue weighted by molar-refractivity contribution is 7.98. The Morgan fingerprint density at radius 3 is 2.43 bits per heavy atom. The Hall–Kier alpha value is -1.49. The number of amides is 2. The predicted octanol–water partition coefficient (Wildman–Crippen LogP) is 4.55. The van der Waals surface area contributed by atoms with E-state index in [9.17, 15) is 9.59 Å². The third kappa shape index (κ3) is 3.16. The van der Waals surface area contributed by atoms with Crippen molar-refractivity contribution in [2.75, 3.05) is 18.1 Å². The number of benzene rings is 1. The van der Waals surface area contributed by atoms with Crippen molar-refractivity contribution in [3.8, 4) is 0 Å². The van der Waals surface area contributed by atoms with Crippen LogP contribution in [-0.4, -0.2) is 35.6 Å². The van der Waals surface area contributed by atoms with Gasteiger partial charge in [0.2, 0.25) is 11.8 Å². The third-order valence-electron chi connectivity index (χ3n) is 7.65. The molecule has 5 heteroatoms. The molecular formula is C23H30N2O2S. The Morgan fingerprint density at radius 1 is 1.11 bits per heavy atom. The van der Waals surface area contributed by atoms with Crippen LogP contribution in [0, 0.1) is 23.2 Å². The Labute approximate surface area is 171 Å². The van der Waals surface area contributed by atoms with Crippen molar-refractivity contribution >= 4 is 29.3 Å². The molecule has 28 heavy (non-hydrogen) atoms. The Morgan fingerprint density at radius 2 is 1.79 bits per heavy atom. The maximum atomic E-state index is 13.7. The molecule has 0 radical (unpaired) electrons. The largest absolute Gasteiger partial charge is 0.330 e. The number of rotatable bonds is 4. The smallest absolute Gasteiger partial charge is 0.247 e. The molecule has 1 aliphatic heterocycles. The van der Waals surface area contributed by atoms with Gasteiger partial charge in [-0.15, -0.1) is 11.8 Å². The van der Waals surface area contributed by atoms with Gasteiger partial charge >= 0.3 is 0 Å². The molecule has 4 saturated carbocycles. The van der Waals surface area contributed by atoms with Gasteiger partial charge in [0.05, 0.1) is 5.41 Å². The number of anilines is 1. The number of hydrogen-bond donors (Lipinski definition) is 1. The fourth-order valence-corrected chi connectivity index (χ4v) is 7.35. The van der Waals surface area contributed by atoms with Crippen LogP contribution in [0.2, 0.25) is 0 Å². The Kier molecular flexibility index (Phi) is 4.69. The summed E-state index contributed by atoms with van der Waals surface area (Å²) < 4.78 is 0. The average Bonchev–Trinajstić information content (AvgIpc) is 3.16. The fourth-order valence-electron chi connectivity index (χ4n) is 6.89. The van der Waals surface area contributed by atoms with E-state index in [2.05, 4.69) is 5.32 Å². The first-order valence-corrected chi connectivity index (χ1v) is 12.0. The van der Waals surface area contributed by atoms with Crippen LogP contribution < -0.4 is 5.32 Å². The second kappa shape index (κ2) is 7.08. The quantitative estimate of drug-likeness (QED) is 0.757. The van der Waals surface area contributed by atoms with E-state index in [1.807, 2.05) is 35.4 Å². The molecule has 0 spiro atoms. The lowest BCUT2D eigenvalue weighted by Gasteiger charge is -2.56. The second-order valence-corrected chi connectivity index (χ2v) is 10.5. The lowest BCUT2D eigenvalue weighted by Crippen LogP contribution is -2.56. The molecule has 5 fully saturated rings. The van der Waals surface area contributed by atoms with Gasteiger partial charge in [-0.05, 0) is 93.6 Å². The molecule has 1 heterocycles. The van der Waals surface area contributed by atoms with Crippen LogP contribution in [0.1, 0.15) is 51.4 Å². The number of carbonyl (C=O) groups is 2. The fraction of sp³-hybridized carbons (Fsp3) is 0.652. The topological polar surface area (TPSA) is 49.4 Å². The summed E-state index contributed by atoms with van der Waals surface area (Å²) >= 11 is 1.66. The molecule has 2 amide bonds. The maximum Gasteiger partial charge on any atom is 0.247 e. The first-order chi connectivity index (χ1) is 13.6. The lowest BCUT2D eigenvalue weighted by atomic mass is 9.49. The van der Waals surface area contributed by atoms with Gasteiger partial charge in [0.1, 0.15) is 6.04 Å². The van der Waals surface area contributed by atoms with Crippen molar-refractivity contribution < 1.29 is 9.59 Å². The van der Waals surface area contributed by atoms with E-state index in [1.54, 1.807) is 11.8 Å². The van der Waals surface area contributed by atoms with E-state index < -0.39 is 0 Å². The molecule has 1 aromatic rings. The zero-order valence-electron chi connectivity index (χ0n) is 16.7. The standard InChI is InChI=1S/C23H30N2O2S/c1-28-19-5-2-4-18(11-19)24-21(26)20-6-3-7-25(20)22(27)23-12-15-8-16(13-23)10-17(9-15)14-23/h2,4-5,11,15-17,20H,3,6-10,12-14H2,1H3,(H,24,26)/t15?,16?,17?,20-,23?/m1/s1. The maximum absolute atomic E-state index is 13.7. The number of nitrogens with zero attached hydrogens (tertiary/aromatic N) is 1. The molecule has 0 aromatic heterocycles. The van der Waals surface area contributed by atoms with Crippen molar-refractivity contribution in [2.45, 2.75) is 62.3 Å². The molecule has 4 bridgehead atoms. The van der Waals surface area contributed by atoms with Crippen molar-refractivity contribution in [3.05, 3.63) is 24.3 Å². The van der Waals surface area contributed by atoms with Crippen molar-refractivity contribution in [1.82, 2.24) is 4.90 Å². The summed E-state index contributed by atoms with van der Waals surface area (Å²) in [6, 6.07) is 7.63. The van der Waals surface area contributed by atoms with Gasteiger partial charge in [-0.3, -0.25) is 9.59 Å². The Bertz CT molecular complexity index is 757. The number of thioether (sulfide) groups is 1. The zero-order valence-corrected chi connectivity index (χ0v) is 17.5. The molecule has 1 saturated heterocycles. The third-order valence-corrected chi connectivity index (χ3v) is 8.37. The van der Waals surface area contributed by atoms with E-state index in [1.165, 1.54) is 19.3 Å². The van der Waals surface area contributed by atoms with Gasteiger partial charge in [-0.2, -0.15) is 0 Å². The van der Waals surface area contributed by atoms with Crippen LogP contribution in [0.3, 0.4) is 0 Å². The van der Waals surface area contributed by atoms with Crippen LogP contribution in [0.4, 0.5) is 5.69 Å². The molecule has 1 N–H and O–H groups in total. The van der Waals surface area contributed by atoms with E-state index in [0.29, 0.717) is 5.91 Å². The Balaban J connectivity index is 1.32. The van der Waals surface area contributed by atoms with E-state index in [-0.39, 0.29) is 17.4 Å². The summed E-state index contributed by atoms with van der Waals surface area (Å²) in [4.78, 5) is 29.8. The minimum absolute atomic E-state index is 0.0196. The number of carbonyl (C=O) groups excluding carboxylic acids is 2. The molecule has 5 aliphatic rings. The highest BCUT2D eigenvalue weighted by Crippen LogP contribution is 2.60. The zero-order chi connectivity index (χ0) is 19.3. The highest BCUT2D eigenvalue weighted by atomic mass is 32.2. The van der Waals surface area contributed by atoms with Gasteiger partial charge in [0, 0.05) is 17.1 Å². The van der Waals surface area contributed by atoms with E-state index >= 15 is 0 Å². The summed E-state index contributed by atoms with van der Waals surface area (Å²) in [7, 11) is 0. The minimum atomic E-state index is -0.307. The first-order valence-electron chi connectivity index (χ1n) is 10.8. The van der Waals surface area contributed by atoms with Crippen LogP contribution in [0.15, 0.2) is 29.2 Å². The van der Waals surface area contributed by atoms with Crippen LogP contribution >= 0.6 is 11.8 Å². The summed E-state index contributed by atoms with van der Waals surface area (Å²) in [6.07, 6.45) is 11.0. The lowest BCUT2D eigenvalue weighted by molar-refractivity contribution is -0.160. The highest BCUT2D eigenvalue weighted by Gasteiger charge is 2.56. The van der Waals surface area contributed by atoms with E-state index in [0.717, 1.165) is 67.0 Å². The van der Waals surface area contributed by atoms with Crippen molar-refractivity contribution in [1.29, 1.82) is 0 Å². The second-order valence-electron chi connectivity index (χ2n) is 9.58. The molecule has 0 unspecified atom stereocenters. The van der Waals surface area contributed by atoms with Crippen molar-refractivity contribution in [3.63, 3.8) is 0 Å². The molecular weight excluding hydrogens is 368 g/mol. The van der Waals surface area contributed by atoms with Crippen LogP contribution in [0.25, 0.3) is 0 Å². The number of hydrogen-bond acceptors (Lipinski definition) is 3. The molecule has 150 valence electrons. The SMILES string of the molecule is CSc1cccc(NC(=O)[C@H]2CCCN2C(=O)C23CC4CC(CC(C4)C2)C3)c1. The monoisotopic (exact) mass is 398 g/mol. The predicted molar refractivity (Wildman–Crippen MR) is 112 cm³/mol. The van der Waals surface area contributed by atoms with Gasteiger partial charge in [0.15, 0.2) is 0 Å². The van der Waals surface area contributed by atoms with E-state index in [4.69, 9.17) is 0 Å². The first kappa shape index (κ1) is 18.5. The van der Waals surface area contributed by atoms with Crippen LogP contribution in [0.5, 0.6) is 0 Å². The van der Waals surface area contributed by atoms with Crippen LogP contribution in [-0.2, 0) is 9.59 Å². The number of likely N-dealkylation sites (tertiary alicyclic amines) is 1. The van der Waals surface area contributed by atoms with Crippen molar-refractivity contribution in [2.24, 2.45) is 23.2 Å². The van der Waals surface area contributed by atoms with Gasteiger partial charge in [0.25, 0.3) is 0 Å². The minimum Gasteiger partial charge on any atom is -0.330 e. The number of nitrogens with one attached hydrogen (secondary N) is 1. The average molecular weight is 399 g/mol.